The first-order valence-corrected chi connectivity index (χ1v) is 11.7. The van der Waals surface area contributed by atoms with Gasteiger partial charge in [0.2, 0.25) is 5.91 Å². The highest BCUT2D eigenvalue weighted by Gasteiger charge is 2.40. The predicted molar refractivity (Wildman–Crippen MR) is 127 cm³/mol. The van der Waals surface area contributed by atoms with E-state index in [1.165, 1.54) is 5.56 Å². The standard InChI is InChI=1S/C27H33N3O3/c1-29(27(19-28)13-8-5-9-14-27)25(31)18-30-15-12-21-16-23(32-2)24(33-3)17-22(21)26(30)20-10-6-4-7-11-20/h4,6-7,10-11,16-17,26H,5,8-9,12-15,18H2,1-3H3/t26-/m0/s1. The van der Waals surface area contributed by atoms with E-state index in [0.717, 1.165) is 61.9 Å². The zero-order valence-corrected chi connectivity index (χ0v) is 19.8. The zero-order valence-electron chi connectivity index (χ0n) is 19.8. The molecule has 0 spiro atoms. The molecule has 174 valence electrons. The van der Waals surface area contributed by atoms with Crippen LogP contribution in [0.5, 0.6) is 11.5 Å². The van der Waals surface area contributed by atoms with Gasteiger partial charge in [-0.1, -0.05) is 49.6 Å². The second-order valence-electron chi connectivity index (χ2n) is 9.10. The largest absolute Gasteiger partial charge is 0.493 e. The maximum atomic E-state index is 13.5. The number of carbonyl (C=O) groups is 1. The van der Waals surface area contributed by atoms with Crippen LogP contribution < -0.4 is 9.47 Å². The smallest absolute Gasteiger partial charge is 0.237 e. The van der Waals surface area contributed by atoms with Crippen molar-refractivity contribution in [2.24, 2.45) is 0 Å². The van der Waals surface area contributed by atoms with Gasteiger partial charge in [-0.05, 0) is 48.1 Å². The van der Waals surface area contributed by atoms with Gasteiger partial charge in [0.15, 0.2) is 11.5 Å². The molecular formula is C27H33N3O3. The van der Waals surface area contributed by atoms with Gasteiger partial charge in [0.05, 0.1) is 32.9 Å². The number of fused-ring (bicyclic) bond motifs is 1. The van der Waals surface area contributed by atoms with E-state index < -0.39 is 5.54 Å². The van der Waals surface area contributed by atoms with Crippen LogP contribution in [0.1, 0.15) is 54.8 Å². The minimum Gasteiger partial charge on any atom is -0.493 e. The van der Waals surface area contributed by atoms with Crippen LogP contribution in [0.15, 0.2) is 42.5 Å². The van der Waals surface area contributed by atoms with Gasteiger partial charge < -0.3 is 14.4 Å². The number of nitriles is 1. The third kappa shape index (κ3) is 4.43. The molecule has 2 aromatic rings. The Hall–Kier alpha value is -3.04. The number of benzene rings is 2. The van der Waals surface area contributed by atoms with Gasteiger partial charge in [0.1, 0.15) is 5.54 Å². The van der Waals surface area contributed by atoms with Crippen molar-refractivity contribution >= 4 is 5.91 Å². The first-order valence-electron chi connectivity index (χ1n) is 11.7. The van der Waals surface area contributed by atoms with E-state index >= 15 is 0 Å². The van der Waals surface area contributed by atoms with E-state index in [0.29, 0.717) is 5.75 Å². The van der Waals surface area contributed by atoms with Gasteiger partial charge in [-0.3, -0.25) is 9.69 Å². The molecular weight excluding hydrogens is 414 g/mol. The summed E-state index contributed by atoms with van der Waals surface area (Å²) in [5.41, 5.74) is 2.79. The van der Waals surface area contributed by atoms with E-state index in [2.05, 4.69) is 29.2 Å². The van der Waals surface area contributed by atoms with Gasteiger partial charge in [-0.15, -0.1) is 0 Å². The highest BCUT2D eigenvalue weighted by molar-refractivity contribution is 5.79. The lowest BCUT2D eigenvalue weighted by molar-refractivity contribution is -0.136. The second-order valence-corrected chi connectivity index (χ2v) is 9.10. The fourth-order valence-corrected chi connectivity index (χ4v) is 5.37. The van der Waals surface area contributed by atoms with Crippen molar-refractivity contribution in [3.63, 3.8) is 0 Å². The minimum atomic E-state index is -0.679. The van der Waals surface area contributed by atoms with E-state index in [1.54, 1.807) is 26.2 Å². The lowest BCUT2D eigenvalue weighted by Crippen LogP contribution is -2.53. The van der Waals surface area contributed by atoms with E-state index in [4.69, 9.17) is 9.47 Å². The number of hydrogen-bond donors (Lipinski definition) is 0. The Morgan fingerprint density at radius 1 is 1.12 bits per heavy atom. The molecule has 1 heterocycles. The van der Waals surface area contributed by atoms with Gasteiger partial charge in [0, 0.05) is 13.6 Å². The minimum absolute atomic E-state index is 0.00306. The molecule has 0 bridgehead atoms. The normalized spacial score (nSPS) is 19.8. The summed E-state index contributed by atoms with van der Waals surface area (Å²) in [5, 5.41) is 9.95. The third-order valence-electron chi connectivity index (χ3n) is 7.33. The topological polar surface area (TPSA) is 65.8 Å². The highest BCUT2D eigenvalue weighted by atomic mass is 16.5. The molecule has 2 aromatic carbocycles. The molecule has 33 heavy (non-hydrogen) atoms. The van der Waals surface area contributed by atoms with Crippen LogP contribution in [0.2, 0.25) is 0 Å². The Balaban J connectivity index is 1.67. The van der Waals surface area contributed by atoms with Gasteiger partial charge in [-0.2, -0.15) is 5.26 Å². The molecule has 0 radical (unpaired) electrons. The Bertz CT molecular complexity index is 1020. The van der Waals surface area contributed by atoms with Gasteiger partial charge in [-0.25, -0.2) is 0 Å². The first-order chi connectivity index (χ1) is 16.0. The second kappa shape index (κ2) is 9.84. The monoisotopic (exact) mass is 447 g/mol. The zero-order chi connectivity index (χ0) is 23.4. The van der Waals surface area contributed by atoms with Crippen LogP contribution in [-0.2, 0) is 11.2 Å². The Kier molecular flexibility index (Phi) is 6.90. The average Bonchev–Trinajstić information content (AvgIpc) is 2.88. The molecule has 4 rings (SSSR count). The van der Waals surface area contributed by atoms with E-state index in [1.807, 2.05) is 24.3 Å². The lowest BCUT2D eigenvalue weighted by atomic mass is 9.81. The number of carbonyl (C=O) groups excluding carboxylic acids is 1. The van der Waals surface area contributed by atoms with Crippen molar-refractivity contribution in [1.82, 2.24) is 9.80 Å². The van der Waals surface area contributed by atoms with Crippen LogP contribution in [-0.4, -0.2) is 55.6 Å². The van der Waals surface area contributed by atoms with Crippen molar-refractivity contribution in [2.45, 2.75) is 50.1 Å². The van der Waals surface area contributed by atoms with Gasteiger partial charge in [0.25, 0.3) is 0 Å². The summed E-state index contributed by atoms with van der Waals surface area (Å²) in [6, 6.07) is 16.8. The maximum absolute atomic E-state index is 13.5. The summed E-state index contributed by atoms with van der Waals surface area (Å²) in [5.74, 6) is 1.41. The third-order valence-corrected chi connectivity index (χ3v) is 7.33. The number of likely N-dealkylation sites (N-methyl/N-ethyl adjacent to an activating group) is 1. The summed E-state index contributed by atoms with van der Waals surface area (Å²) in [7, 11) is 5.10. The maximum Gasteiger partial charge on any atom is 0.237 e. The molecule has 2 aliphatic rings. The fraction of sp³-hybridized carbons (Fsp3) is 0.481. The molecule has 1 amide bonds. The molecule has 1 saturated carbocycles. The molecule has 0 N–H and O–H groups in total. The number of nitrogens with zero attached hydrogens (tertiary/aromatic N) is 3. The number of methoxy groups -OCH3 is 2. The summed E-state index contributed by atoms with van der Waals surface area (Å²) in [4.78, 5) is 17.4. The quantitative estimate of drug-likeness (QED) is 0.659. The molecule has 1 fully saturated rings. The van der Waals surface area contributed by atoms with Crippen LogP contribution in [0, 0.1) is 11.3 Å². The average molecular weight is 448 g/mol. The number of amides is 1. The van der Waals surface area contributed by atoms with Crippen molar-refractivity contribution in [2.75, 3.05) is 34.4 Å². The van der Waals surface area contributed by atoms with Crippen LogP contribution in [0.25, 0.3) is 0 Å². The van der Waals surface area contributed by atoms with Crippen molar-refractivity contribution in [3.8, 4) is 17.6 Å². The fourth-order valence-electron chi connectivity index (χ4n) is 5.37. The SMILES string of the molecule is COc1cc2c(cc1OC)[C@H](c1ccccc1)N(CC(=O)N(C)C1(C#N)CCCCC1)CC2. The molecule has 0 aromatic heterocycles. The predicted octanol–water partition coefficient (Wildman–Crippen LogP) is 4.34. The number of hydrogen-bond acceptors (Lipinski definition) is 5. The Labute approximate surface area is 196 Å². The lowest BCUT2D eigenvalue weighted by Gasteiger charge is -2.42. The molecule has 0 unspecified atom stereocenters. The molecule has 6 heteroatoms. The summed E-state index contributed by atoms with van der Waals surface area (Å²) in [6.45, 7) is 1.02. The van der Waals surface area contributed by atoms with Gasteiger partial charge >= 0.3 is 0 Å². The molecule has 6 nitrogen and oxygen atoms in total. The highest BCUT2D eigenvalue weighted by Crippen LogP contribution is 2.41. The molecule has 1 aliphatic carbocycles. The molecule has 0 saturated heterocycles. The summed E-state index contributed by atoms with van der Waals surface area (Å²) in [6.07, 6.45) is 5.46. The van der Waals surface area contributed by atoms with Crippen molar-refractivity contribution in [1.29, 1.82) is 5.26 Å². The summed E-state index contributed by atoms with van der Waals surface area (Å²) >= 11 is 0. The Morgan fingerprint density at radius 2 is 1.79 bits per heavy atom. The van der Waals surface area contributed by atoms with Crippen molar-refractivity contribution in [3.05, 3.63) is 59.2 Å². The molecule has 1 aliphatic heterocycles. The first kappa shape index (κ1) is 23.1. The van der Waals surface area contributed by atoms with E-state index in [9.17, 15) is 10.1 Å². The molecule has 1 atom stereocenters. The Morgan fingerprint density at radius 3 is 2.42 bits per heavy atom. The van der Waals surface area contributed by atoms with Crippen LogP contribution in [0.3, 0.4) is 0 Å². The summed E-state index contributed by atoms with van der Waals surface area (Å²) < 4.78 is 11.1. The van der Waals surface area contributed by atoms with Crippen LogP contribution >= 0.6 is 0 Å². The number of ether oxygens (including phenoxy) is 2. The van der Waals surface area contributed by atoms with E-state index in [-0.39, 0.29) is 18.5 Å². The van der Waals surface area contributed by atoms with Crippen LogP contribution in [0.4, 0.5) is 0 Å². The van der Waals surface area contributed by atoms with Crippen molar-refractivity contribution < 1.29 is 14.3 Å². The number of rotatable bonds is 6.